The van der Waals surface area contributed by atoms with Crippen LogP contribution >= 0.6 is 0 Å². The molecule has 4 heterocycles. The van der Waals surface area contributed by atoms with Gasteiger partial charge in [0.2, 0.25) is 0 Å². The van der Waals surface area contributed by atoms with Crippen molar-refractivity contribution in [2.45, 2.75) is 6.92 Å². The van der Waals surface area contributed by atoms with Crippen molar-refractivity contribution in [2.24, 2.45) is 0 Å². The molecule has 4 aromatic heterocycles. The van der Waals surface area contributed by atoms with E-state index in [1.807, 2.05) is 73.8 Å². The Hall–Kier alpha value is -6.66. The number of rotatable bonds is 5. The minimum absolute atomic E-state index is 0.491. The Bertz CT molecular complexity index is 2670. The third-order valence-electron chi connectivity index (χ3n) is 8.82. The molecule has 0 amide bonds. The second-order valence-electron chi connectivity index (χ2n) is 12.0. The molecule has 0 radical (unpaired) electrons. The van der Waals surface area contributed by atoms with Crippen molar-refractivity contribution < 1.29 is 0 Å². The van der Waals surface area contributed by atoms with Gasteiger partial charge < -0.3 is 0 Å². The highest BCUT2D eigenvalue weighted by molar-refractivity contribution is 6.09. The lowest BCUT2D eigenvalue weighted by atomic mass is 9.98. The third-order valence-corrected chi connectivity index (χ3v) is 8.82. The Labute approximate surface area is 282 Å². The number of benzene rings is 5. The number of fused-ring (bicyclic) bond motifs is 4. The van der Waals surface area contributed by atoms with Crippen molar-refractivity contribution in [2.75, 3.05) is 0 Å². The second-order valence-corrected chi connectivity index (χ2v) is 12.0. The minimum atomic E-state index is 0.491. The SMILES string of the molecule is Cc1ccc2ccc3c(-c4ccccc4)cc(-c4nc(-c5ccccc5)nc(-c5cccc(-c6cccc7cccnc67)c5)n4)nc3c2n1. The Morgan fingerprint density at radius 2 is 1.04 bits per heavy atom. The molecule has 0 saturated carbocycles. The molecular weight excluding hydrogens is 601 g/mol. The first-order chi connectivity index (χ1) is 24.2. The number of para-hydroxylation sites is 1. The number of pyridine rings is 3. The fourth-order valence-electron chi connectivity index (χ4n) is 6.44. The molecule has 0 aliphatic carbocycles. The molecule has 0 bridgehead atoms. The van der Waals surface area contributed by atoms with E-state index in [0.29, 0.717) is 23.2 Å². The monoisotopic (exact) mass is 628 g/mol. The highest BCUT2D eigenvalue weighted by Gasteiger charge is 2.18. The van der Waals surface area contributed by atoms with Crippen LogP contribution in [0.1, 0.15) is 5.69 Å². The number of aryl methyl sites for hydroxylation is 1. The van der Waals surface area contributed by atoms with E-state index in [1.165, 1.54) is 0 Å². The lowest BCUT2D eigenvalue weighted by Gasteiger charge is -2.13. The Morgan fingerprint density at radius 1 is 0.388 bits per heavy atom. The first-order valence-corrected chi connectivity index (χ1v) is 16.2. The van der Waals surface area contributed by atoms with Crippen LogP contribution in [0.15, 0.2) is 152 Å². The molecule has 9 rings (SSSR count). The van der Waals surface area contributed by atoms with Gasteiger partial charge in [-0.1, -0.05) is 121 Å². The van der Waals surface area contributed by atoms with Gasteiger partial charge in [-0.3, -0.25) is 9.97 Å². The zero-order chi connectivity index (χ0) is 32.7. The zero-order valence-corrected chi connectivity index (χ0v) is 26.6. The number of hydrogen-bond donors (Lipinski definition) is 0. The van der Waals surface area contributed by atoms with Gasteiger partial charge in [0.1, 0.15) is 5.69 Å². The van der Waals surface area contributed by atoms with E-state index in [2.05, 4.69) is 84.9 Å². The minimum Gasteiger partial charge on any atom is -0.256 e. The maximum atomic E-state index is 5.25. The Kier molecular flexibility index (Phi) is 6.91. The molecule has 230 valence electrons. The van der Waals surface area contributed by atoms with Crippen LogP contribution in [-0.2, 0) is 0 Å². The number of aromatic nitrogens is 6. The van der Waals surface area contributed by atoms with Crippen molar-refractivity contribution in [1.29, 1.82) is 0 Å². The molecule has 6 nitrogen and oxygen atoms in total. The fourth-order valence-corrected chi connectivity index (χ4v) is 6.44. The van der Waals surface area contributed by atoms with E-state index in [-0.39, 0.29) is 0 Å². The van der Waals surface area contributed by atoms with E-state index in [1.54, 1.807) is 0 Å². The molecule has 0 saturated heterocycles. The topological polar surface area (TPSA) is 77.3 Å². The number of hydrogen-bond acceptors (Lipinski definition) is 6. The van der Waals surface area contributed by atoms with E-state index in [0.717, 1.165) is 71.8 Å². The summed E-state index contributed by atoms with van der Waals surface area (Å²) in [7, 11) is 0. The van der Waals surface area contributed by atoms with Crippen LogP contribution in [-0.4, -0.2) is 29.9 Å². The molecule has 9 aromatic rings. The molecule has 0 aliphatic heterocycles. The van der Waals surface area contributed by atoms with Crippen molar-refractivity contribution in [1.82, 2.24) is 29.9 Å². The van der Waals surface area contributed by atoms with Crippen molar-refractivity contribution in [3.8, 4) is 56.5 Å². The first kappa shape index (κ1) is 28.6. The molecule has 0 N–H and O–H groups in total. The van der Waals surface area contributed by atoms with Crippen LogP contribution in [0.25, 0.3) is 89.3 Å². The predicted molar refractivity (Wildman–Crippen MR) is 198 cm³/mol. The van der Waals surface area contributed by atoms with Gasteiger partial charge in [0.25, 0.3) is 0 Å². The van der Waals surface area contributed by atoms with E-state index < -0.39 is 0 Å². The molecule has 0 fully saturated rings. The van der Waals surface area contributed by atoms with Gasteiger partial charge in [-0.05, 0) is 47.9 Å². The van der Waals surface area contributed by atoms with Crippen molar-refractivity contribution in [3.63, 3.8) is 0 Å². The second kappa shape index (κ2) is 11.9. The van der Waals surface area contributed by atoms with Crippen LogP contribution in [0.3, 0.4) is 0 Å². The standard InChI is InChI=1S/C43H28N6/c1-27-20-21-30-22-23-35-36(28-11-4-2-5-12-28)26-37(46-40(35)39(30)45-27)43-48-41(31-13-6-3-7-14-31)47-42(49-43)33-17-8-16-32(25-33)34-19-9-15-29-18-10-24-44-38(29)34/h2-26H,1H3. The Balaban J connectivity index is 1.29. The molecule has 6 heteroatoms. The van der Waals surface area contributed by atoms with Crippen molar-refractivity contribution in [3.05, 3.63) is 157 Å². The summed E-state index contributed by atoms with van der Waals surface area (Å²) in [4.78, 5) is 30.1. The average molecular weight is 629 g/mol. The molecule has 0 aliphatic rings. The first-order valence-electron chi connectivity index (χ1n) is 16.2. The highest BCUT2D eigenvalue weighted by atomic mass is 15.0. The summed E-state index contributed by atoms with van der Waals surface area (Å²) in [6.07, 6.45) is 1.83. The van der Waals surface area contributed by atoms with Crippen LogP contribution in [0.5, 0.6) is 0 Å². The summed E-state index contributed by atoms with van der Waals surface area (Å²) in [6, 6.07) is 49.5. The van der Waals surface area contributed by atoms with Gasteiger partial charge in [0, 0.05) is 44.7 Å². The summed E-state index contributed by atoms with van der Waals surface area (Å²) < 4.78 is 0. The molecular formula is C43H28N6. The van der Waals surface area contributed by atoms with Gasteiger partial charge in [-0.2, -0.15) is 0 Å². The van der Waals surface area contributed by atoms with Crippen molar-refractivity contribution >= 4 is 32.7 Å². The van der Waals surface area contributed by atoms with Gasteiger partial charge >= 0.3 is 0 Å². The predicted octanol–water partition coefficient (Wildman–Crippen LogP) is 10.2. The lowest BCUT2D eigenvalue weighted by molar-refractivity contribution is 1.06. The number of nitrogens with zero attached hydrogens (tertiary/aromatic N) is 6. The molecule has 0 spiro atoms. The summed E-state index contributed by atoms with van der Waals surface area (Å²) in [6.45, 7) is 2.01. The van der Waals surface area contributed by atoms with Gasteiger partial charge in [-0.15, -0.1) is 0 Å². The highest BCUT2D eigenvalue weighted by Crippen LogP contribution is 2.36. The van der Waals surface area contributed by atoms with E-state index in [9.17, 15) is 0 Å². The maximum absolute atomic E-state index is 5.25. The summed E-state index contributed by atoms with van der Waals surface area (Å²) in [5.41, 5.74) is 10.2. The van der Waals surface area contributed by atoms with E-state index in [4.69, 9.17) is 29.9 Å². The quantitative estimate of drug-likeness (QED) is 0.177. The van der Waals surface area contributed by atoms with Crippen LogP contribution in [0, 0.1) is 6.92 Å². The van der Waals surface area contributed by atoms with Crippen LogP contribution in [0.4, 0.5) is 0 Å². The zero-order valence-electron chi connectivity index (χ0n) is 26.6. The smallest absolute Gasteiger partial charge is 0.182 e. The Morgan fingerprint density at radius 3 is 1.88 bits per heavy atom. The third kappa shape index (κ3) is 5.26. The summed E-state index contributed by atoms with van der Waals surface area (Å²) in [5, 5.41) is 3.14. The lowest BCUT2D eigenvalue weighted by Crippen LogP contribution is -2.02. The largest absolute Gasteiger partial charge is 0.256 e. The van der Waals surface area contributed by atoms with Crippen LogP contribution in [0.2, 0.25) is 0 Å². The van der Waals surface area contributed by atoms with Gasteiger partial charge in [-0.25, -0.2) is 19.9 Å². The van der Waals surface area contributed by atoms with Gasteiger partial charge in [0.15, 0.2) is 17.5 Å². The molecule has 5 aromatic carbocycles. The van der Waals surface area contributed by atoms with Gasteiger partial charge in [0.05, 0.1) is 16.6 Å². The molecule has 0 unspecified atom stereocenters. The molecule has 49 heavy (non-hydrogen) atoms. The molecule has 0 atom stereocenters. The van der Waals surface area contributed by atoms with E-state index >= 15 is 0 Å². The normalized spacial score (nSPS) is 11.4. The summed E-state index contributed by atoms with van der Waals surface area (Å²) >= 11 is 0. The van der Waals surface area contributed by atoms with Crippen LogP contribution < -0.4 is 0 Å². The fraction of sp³-hybridized carbons (Fsp3) is 0.0233. The summed E-state index contributed by atoms with van der Waals surface area (Å²) in [5.74, 6) is 1.63. The average Bonchev–Trinajstić information content (AvgIpc) is 3.17. The maximum Gasteiger partial charge on any atom is 0.182 e.